The van der Waals surface area contributed by atoms with Crippen LogP contribution in [0.1, 0.15) is 23.2 Å². The van der Waals surface area contributed by atoms with Crippen molar-refractivity contribution in [3.05, 3.63) is 113 Å². The van der Waals surface area contributed by atoms with Crippen LogP contribution in [0.2, 0.25) is 0 Å². The molecule has 0 spiro atoms. The molecule has 0 bridgehead atoms. The van der Waals surface area contributed by atoms with E-state index in [4.69, 9.17) is 15.2 Å². The number of methoxy groups -OCH3 is 1. The van der Waals surface area contributed by atoms with E-state index < -0.39 is 18.0 Å². The van der Waals surface area contributed by atoms with Gasteiger partial charge in [0.1, 0.15) is 24.7 Å². The predicted octanol–water partition coefficient (Wildman–Crippen LogP) is 6.53. The van der Waals surface area contributed by atoms with Gasteiger partial charge >= 0.3 is 0 Å². The predicted molar refractivity (Wildman–Crippen MR) is 187 cm³/mol. The Kier molecular flexibility index (Phi) is 10.1. The quantitative estimate of drug-likeness (QED) is 0.158. The van der Waals surface area contributed by atoms with E-state index in [9.17, 15) is 14.0 Å². The molecule has 3 aromatic carbocycles. The van der Waals surface area contributed by atoms with Crippen LogP contribution in [-0.2, 0) is 6.54 Å². The number of carbonyl (C=O) groups excluding carboxylic acids is 1. The fourth-order valence-corrected chi connectivity index (χ4v) is 5.90. The van der Waals surface area contributed by atoms with Crippen LogP contribution in [0.25, 0.3) is 33.4 Å². The van der Waals surface area contributed by atoms with Crippen LogP contribution in [0.5, 0.6) is 11.5 Å². The molecule has 246 valence electrons. The Morgan fingerprint density at radius 3 is 2.33 bits per heavy atom. The fourth-order valence-electron chi connectivity index (χ4n) is 5.90. The molecule has 3 heterocycles. The zero-order chi connectivity index (χ0) is 33.5. The smallest absolute Gasteiger partial charge is 0.261 e. The number of anilines is 2. The van der Waals surface area contributed by atoms with Crippen molar-refractivity contribution in [2.75, 3.05) is 51.1 Å². The fraction of sp³-hybridized carbons (Fsp3) is 0.237. The number of benzene rings is 3. The summed E-state index contributed by atoms with van der Waals surface area (Å²) in [6.45, 7) is 3.12. The molecule has 9 nitrogen and oxygen atoms in total. The third-order valence-electron chi connectivity index (χ3n) is 8.48. The summed E-state index contributed by atoms with van der Waals surface area (Å²) in [6.07, 6.45) is 7.17. The zero-order valence-corrected chi connectivity index (χ0v) is 26.8. The van der Waals surface area contributed by atoms with E-state index in [-0.39, 0.29) is 12.1 Å². The van der Waals surface area contributed by atoms with Crippen LogP contribution >= 0.6 is 0 Å². The Hall–Kier alpha value is -5.48. The molecule has 0 radical (unpaired) electrons. The highest BCUT2D eigenvalue weighted by molar-refractivity contribution is 6.04. The van der Waals surface area contributed by atoms with Crippen molar-refractivity contribution in [2.24, 2.45) is 0 Å². The minimum Gasteiger partial charge on any atom is -0.493 e. The first-order chi connectivity index (χ1) is 23.4. The van der Waals surface area contributed by atoms with Crippen molar-refractivity contribution in [3.8, 4) is 44.9 Å². The summed E-state index contributed by atoms with van der Waals surface area (Å²) >= 11 is 0. The molecule has 5 aromatic rings. The number of hydrogen-bond acceptors (Lipinski definition) is 7. The number of carbonyl (C=O) groups is 1. The topological polar surface area (TPSA) is 112 Å². The van der Waals surface area contributed by atoms with Gasteiger partial charge in [-0.25, -0.2) is 9.37 Å². The normalized spacial score (nSPS) is 13.0. The molecule has 3 N–H and O–H groups in total. The SMILES string of the molecule is COc1cc(-c2cnc(N)c(-c3ccc(NC(=O)c4cn(CCF)cc(-c5ccccc5)c4=O)cc3)c2)ccc1OCCN1CCCC1. The summed E-state index contributed by atoms with van der Waals surface area (Å²) in [5.74, 6) is 1.10. The van der Waals surface area contributed by atoms with E-state index in [0.717, 1.165) is 41.9 Å². The van der Waals surface area contributed by atoms with Gasteiger partial charge in [-0.1, -0.05) is 48.5 Å². The van der Waals surface area contributed by atoms with Gasteiger partial charge in [0.05, 0.1) is 13.7 Å². The molecule has 1 amide bonds. The van der Waals surface area contributed by atoms with Crippen molar-refractivity contribution in [3.63, 3.8) is 0 Å². The first kappa shape index (κ1) is 32.5. The van der Waals surface area contributed by atoms with E-state index in [1.165, 1.54) is 23.6 Å². The molecular weight excluding hydrogens is 609 g/mol. The summed E-state index contributed by atoms with van der Waals surface area (Å²) in [5.41, 5.74) is 10.5. The van der Waals surface area contributed by atoms with Crippen LogP contribution < -0.4 is 26.0 Å². The number of aromatic nitrogens is 2. The van der Waals surface area contributed by atoms with Gasteiger partial charge in [-0.05, 0) is 73.0 Å². The number of pyridine rings is 2. The summed E-state index contributed by atoms with van der Waals surface area (Å²) in [5, 5.41) is 2.80. The number of nitrogen functional groups attached to an aromatic ring is 1. The zero-order valence-electron chi connectivity index (χ0n) is 26.8. The molecule has 0 saturated carbocycles. The van der Waals surface area contributed by atoms with Crippen LogP contribution in [0, 0.1) is 0 Å². The van der Waals surface area contributed by atoms with E-state index in [1.807, 2.05) is 42.5 Å². The molecule has 1 aliphatic heterocycles. The second kappa shape index (κ2) is 15.0. The number of ether oxygens (including phenoxy) is 2. The molecule has 48 heavy (non-hydrogen) atoms. The third kappa shape index (κ3) is 7.39. The number of alkyl halides is 1. The molecule has 2 aromatic heterocycles. The maximum absolute atomic E-state index is 13.3. The molecule has 0 aliphatic carbocycles. The highest BCUT2D eigenvalue weighted by Crippen LogP contribution is 2.35. The number of halogens is 1. The maximum atomic E-state index is 13.3. The van der Waals surface area contributed by atoms with Crippen LogP contribution in [0.3, 0.4) is 0 Å². The van der Waals surface area contributed by atoms with Crippen molar-refractivity contribution in [1.29, 1.82) is 0 Å². The summed E-state index contributed by atoms with van der Waals surface area (Å²) < 4.78 is 26.4. The second-order valence-corrected chi connectivity index (χ2v) is 11.7. The Balaban J connectivity index is 1.19. The molecule has 6 rings (SSSR count). The Morgan fingerprint density at radius 1 is 0.875 bits per heavy atom. The van der Waals surface area contributed by atoms with Crippen molar-refractivity contribution < 1.29 is 18.7 Å². The Labute approximate surface area is 278 Å². The number of amides is 1. The van der Waals surface area contributed by atoms with Gasteiger partial charge in [0.2, 0.25) is 5.43 Å². The number of rotatable bonds is 12. The van der Waals surface area contributed by atoms with Crippen LogP contribution in [-0.4, -0.2) is 60.4 Å². The summed E-state index contributed by atoms with van der Waals surface area (Å²) in [7, 11) is 1.62. The van der Waals surface area contributed by atoms with Crippen LogP contribution in [0.4, 0.5) is 15.9 Å². The third-order valence-corrected chi connectivity index (χ3v) is 8.48. The molecule has 1 saturated heterocycles. The Morgan fingerprint density at radius 2 is 1.60 bits per heavy atom. The number of nitrogens with zero attached hydrogens (tertiary/aromatic N) is 3. The average molecular weight is 648 g/mol. The molecular formula is C38H38FN5O4. The molecule has 0 atom stereocenters. The monoisotopic (exact) mass is 647 g/mol. The van der Waals surface area contributed by atoms with Gasteiger partial charge in [0.25, 0.3) is 5.91 Å². The standard InChI is InChI=1S/C38H38FN5O4/c1-47-35-22-28(11-14-34(35)48-20-19-43-16-5-6-17-43)29-21-31(37(40)41-23-29)27-9-12-30(13-10-27)42-38(46)33-25-44(18-15-39)24-32(36(33)45)26-7-3-2-4-8-26/h2-4,7-14,21-25H,5-6,15-20H2,1H3,(H2,40,41)(H,42,46). The average Bonchev–Trinajstić information content (AvgIpc) is 3.64. The molecule has 1 aliphatic rings. The first-order valence-corrected chi connectivity index (χ1v) is 16.0. The van der Waals surface area contributed by atoms with E-state index >= 15 is 0 Å². The van der Waals surface area contributed by atoms with Crippen molar-refractivity contribution in [2.45, 2.75) is 19.4 Å². The largest absolute Gasteiger partial charge is 0.493 e. The van der Waals surface area contributed by atoms with Crippen molar-refractivity contribution >= 4 is 17.4 Å². The number of nitrogens with two attached hydrogens (primary N) is 1. The maximum Gasteiger partial charge on any atom is 0.261 e. The number of aryl methyl sites for hydroxylation is 1. The lowest BCUT2D eigenvalue weighted by atomic mass is 10.0. The first-order valence-electron chi connectivity index (χ1n) is 16.0. The van der Waals surface area contributed by atoms with Gasteiger partial charge in [-0.2, -0.15) is 0 Å². The van der Waals surface area contributed by atoms with Crippen LogP contribution in [0.15, 0.2) is 102 Å². The minimum atomic E-state index is -0.634. The molecule has 0 unspecified atom stereocenters. The molecule has 10 heteroatoms. The van der Waals surface area contributed by atoms with Gasteiger partial charge in [-0.15, -0.1) is 0 Å². The second-order valence-electron chi connectivity index (χ2n) is 11.7. The summed E-state index contributed by atoms with van der Waals surface area (Å²) in [6, 6.07) is 23.9. The highest BCUT2D eigenvalue weighted by Gasteiger charge is 2.18. The van der Waals surface area contributed by atoms with Crippen molar-refractivity contribution in [1.82, 2.24) is 14.5 Å². The summed E-state index contributed by atoms with van der Waals surface area (Å²) in [4.78, 5) is 33.5. The van der Waals surface area contributed by atoms with E-state index in [0.29, 0.717) is 40.7 Å². The Bertz CT molecular complexity index is 1940. The highest BCUT2D eigenvalue weighted by atomic mass is 19.1. The van der Waals surface area contributed by atoms with Gasteiger partial charge < -0.3 is 25.1 Å². The molecule has 1 fully saturated rings. The number of nitrogens with one attached hydrogen (secondary N) is 1. The lowest BCUT2D eigenvalue weighted by molar-refractivity contribution is 0.102. The lowest BCUT2D eigenvalue weighted by Crippen LogP contribution is -2.25. The van der Waals surface area contributed by atoms with E-state index in [1.54, 1.807) is 55.9 Å². The van der Waals surface area contributed by atoms with E-state index in [2.05, 4.69) is 15.2 Å². The number of hydrogen-bond donors (Lipinski definition) is 2. The van der Waals surface area contributed by atoms with Gasteiger partial charge in [0, 0.05) is 47.5 Å². The number of likely N-dealkylation sites (tertiary alicyclic amines) is 1. The lowest BCUT2D eigenvalue weighted by Gasteiger charge is -2.17. The van der Waals surface area contributed by atoms with Gasteiger partial charge in [-0.3, -0.25) is 14.5 Å². The van der Waals surface area contributed by atoms with Gasteiger partial charge in [0.15, 0.2) is 11.5 Å². The minimum absolute atomic E-state index is 0.0210.